The molecule has 1 unspecified atom stereocenters. The molecule has 0 fully saturated rings. The fraction of sp³-hybridized carbons (Fsp3) is 0.250. The van der Waals surface area contributed by atoms with E-state index in [2.05, 4.69) is 10.3 Å². The van der Waals surface area contributed by atoms with Crippen molar-refractivity contribution in [2.45, 2.75) is 6.04 Å². The zero-order valence-electron chi connectivity index (χ0n) is 3.72. The second kappa shape index (κ2) is 1.75. The van der Waals surface area contributed by atoms with Crippen molar-refractivity contribution in [1.29, 1.82) is 5.41 Å². The van der Waals surface area contributed by atoms with Crippen LogP contribution in [-0.4, -0.2) is 12.3 Å². The minimum Gasteiger partial charge on any atom is -0.416 e. The summed E-state index contributed by atoms with van der Waals surface area (Å²) in [5.41, 5.74) is 2.55. The summed E-state index contributed by atoms with van der Waals surface area (Å²) in [7, 11) is 0. The molecule has 0 saturated heterocycles. The first kappa shape index (κ1) is 4.33. The molecular formula is C4H6N2O. The van der Waals surface area contributed by atoms with Gasteiger partial charge in [0.2, 0.25) is 0 Å². The fourth-order valence-corrected chi connectivity index (χ4v) is 0.371. The Morgan fingerprint density at radius 1 is 1.86 bits per heavy atom. The van der Waals surface area contributed by atoms with Crippen molar-refractivity contribution in [3.05, 3.63) is 12.3 Å². The largest absolute Gasteiger partial charge is 0.416 e. The van der Waals surface area contributed by atoms with Gasteiger partial charge in [0.05, 0.1) is 6.04 Å². The number of hydrogen-bond acceptors (Lipinski definition) is 3. The van der Waals surface area contributed by atoms with Crippen molar-refractivity contribution >= 4 is 6.21 Å². The van der Waals surface area contributed by atoms with Gasteiger partial charge < -0.3 is 10.2 Å². The highest BCUT2D eigenvalue weighted by molar-refractivity contribution is 5.63. The molecule has 1 atom stereocenters. The van der Waals surface area contributed by atoms with Crippen molar-refractivity contribution in [2.75, 3.05) is 0 Å². The van der Waals surface area contributed by atoms with Crippen LogP contribution in [0.15, 0.2) is 12.3 Å². The summed E-state index contributed by atoms with van der Waals surface area (Å²) in [5, 5.41) is 6.68. The van der Waals surface area contributed by atoms with Crippen LogP contribution in [0.4, 0.5) is 0 Å². The predicted molar refractivity (Wildman–Crippen MR) is 25.9 cm³/mol. The Hall–Kier alpha value is -0.830. The van der Waals surface area contributed by atoms with Gasteiger partial charge in [-0.1, -0.05) is 0 Å². The smallest absolute Gasteiger partial charge is 0.109 e. The Labute approximate surface area is 41.4 Å². The molecule has 0 amide bonds. The van der Waals surface area contributed by atoms with Crippen molar-refractivity contribution in [3.8, 4) is 0 Å². The van der Waals surface area contributed by atoms with E-state index < -0.39 is 0 Å². The van der Waals surface area contributed by atoms with E-state index in [9.17, 15) is 0 Å². The molecule has 1 rings (SSSR count). The number of rotatable bonds is 1. The lowest BCUT2D eigenvalue weighted by Gasteiger charge is -1.95. The summed E-state index contributed by atoms with van der Waals surface area (Å²) >= 11 is 0. The normalized spacial score (nSPS) is 27.1. The van der Waals surface area contributed by atoms with Crippen LogP contribution in [0.5, 0.6) is 0 Å². The maximum Gasteiger partial charge on any atom is 0.109 e. The zero-order valence-corrected chi connectivity index (χ0v) is 3.72. The van der Waals surface area contributed by atoms with Gasteiger partial charge in [0.1, 0.15) is 6.26 Å². The molecule has 2 N–H and O–H groups in total. The molecule has 0 bridgehead atoms. The molecule has 38 valence electrons. The van der Waals surface area contributed by atoms with Crippen LogP contribution in [0, 0.1) is 5.41 Å². The van der Waals surface area contributed by atoms with Crippen LogP contribution in [0.3, 0.4) is 0 Å². The van der Waals surface area contributed by atoms with Gasteiger partial charge in [-0.2, -0.15) is 0 Å². The molecule has 0 aliphatic carbocycles. The van der Waals surface area contributed by atoms with Gasteiger partial charge in [-0.15, -0.1) is 5.48 Å². The highest BCUT2D eigenvalue weighted by Gasteiger charge is 2.02. The average molecular weight is 98.1 g/mol. The topological polar surface area (TPSA) is 45.1 Å². The molecule has 1 heterocycles. The van der Waals surface area contributed by atoms with Gasteiger partial charge in [-0.25, -0.2) is 0 Å². The molecule has 0 spiro atoms. The van der Waals surface area contributed by atoms with Crippen molar-refractivity contribution in [1.82, 2.24) is 5.48 Å². The van der Waals surface area contributed by atoms with Crippen molar-refractivity contribution in [3.63, 3.8) is 0 Å². The summed E-state index contributed by atoms with van der Waals surface area (Å²) in [6.45, 7) is 0. The van der Waals surface area contributed by atoms with Crippen LogP contribution in [0.1, 0.15) is 0 Å². The standard InChI is InChI=1S/C4H6N2O/c5-3-4-1-2-7-6-4/h1-6H. The zero-order chi connectivity index (χ0) is 5.11. The summed E-state index contributed by atoms with van der Waals surface area (Å²) in [6.07, 6.45) is 4.55. The molecule has 1 aliphatic rings. The van der Waals surface area contributed by atoms with E-state index in [1.807, 2.05) is 0 Å². The third-order valence-corrected chi connectivity index (χ3v) is 0.738. The Morgan fingerprint density at radius 3 is 3.00 bits per heavy atom. The Bertz CT molecular complexity index is 99.9. The maximum atomic E-state index is 6.68. The first-order valence-corrected chi connectivity index (χ1v) is 2.02. The van der Waals surface area contributed by atoms with Gasteiger partial charge >= 0.3 is 0 Å². The molecule has 3 nitrogen and oxygen atoms in total. The van der Waals surface area contributed by atoms with Gasteiger partial charge in [0, 0.05) is 6.21 Å². The van der Waals surface area contributed by atoms with E-state index in [1.54, 1.807) is 6.08 Å². The monoisotopic (exact) mass is 98.0 g/mol. The van der Waals surface area contributed by atoms with E-state index in [1.165, 1.54) is 12.5 Å². The van der Waals surface area contributed by atoms with Crippen LogP contribution in [0.25, 0.3) is 0 Å². The van der Waals surface area contributed by atoms with E-state index in [-0.39, 0.29) is 6.04 Å². The Balaban J connectivity index is 2.42. The molecule has 0 aromatic heterocycles. The minimum atomic E-state index is -0.0139. The first-order chi connectivity index (χ1) is 3.43. The van der Waals surface area contributed by atoms with Crippen LogP contribution in [0.2, 0.25) is 0 Å². The molecule has 0 aromatic carbocycles. The van der Waals surface area contributed by atoms with Crippen LogP contribution >= 0.6 is 0 Å². The van der Waals surface area contributed by atoms with Crippen molar-refractivity contribution in [2.24, 2.45) is 0 Å². The van der Waals surface area contributed by atoms with Crippen LogP contribution in [-0.2, 0) is 4.84 Å². The van der Waals surface area contributed by atoms with Gasteiger partial charge in [0.15, 0.2) is 0 Å². The summed E-state index contributed by atoms with van der Waals surface area (Å²) in [4.78, 5) is 4.57. The highest BCUT2D eigenvalue weighted by Crippen LogP contribution is 1.90. The average Bonchev–Trinajstić information content (AvgIpc) is 2.14. The molecule has 0 aromatic rings. The maximum absolute atomic E-state index is 6.68. The van der Waals surface area contributed by atoms with E-state index in [0.717, 1.165) is 0 Å². The molecule has 0 radical (unpaired) electrons. The second-order valence-corrected chi connectivity index (χ2v) is 1.26. The number of hydroxylamine groups is 1. The molecule has 1 aliphatic heterocycles. The van der Waals surface area contributed by atoms with Crippen molar-refractivity contribution < 1.29 is 4.84 Å². The Kier molecular flexibility index (Phi) is 1.08. The van der Waals surface area contributed by atoms with Crippen LogP contribution < -0.4 is 5.48 Å². The minimum absolute atomic E-state index is 0.0139. The molecular weight excluding hydrogens is 92.1 g/mol. The summed E-state index contributed by atoms with van der Waals surface area (Å²) < 4.78 is 0. The number of nitrogens with one attached hydrogen (secondary N) is 2. The van der Waals surface area contributed by atoms with E-state index in [4.69, 9.17) is 5.41 Å². The highest BCUT2D eigenvalue weighted by atomic mass is 16.6. The number of hydrogen-bond donors (Lipinski definition) is 2. The van der Waals surface area contributed by atoms with E-state index in [0.29, 0.717) is 0 Å². The third-order valence-electron chi connectivity index (χ3n) is 0.738. The quantitative estimate of drug-likeness (QED) is 0.455. The Morgan fingerprint density at radius 2 is 2.71 bits per heavy atom. The first-order valence-electron chi connectivity index (χ1n) is 2.02. The fourth-order valence-electron chi connectivity index (χ4n) is 0.371. The van der Waals surface area contributed by atoms with Gasteiger partial charge in [0.25, 0.3) is 0 Å². The lowest BCUT2D eigenvalue weighted by Crippen LogP contribution is -2.20. The molecule has 3 heteroatoms. The molecule has 7 heavy (non-hydrogen) atoms. The third kappa shape index (κ3) is 0.778. The second-order valence-electron chi connectivity index (χ2n) is 1.26. The summed E-state index contributed by atoms with van der Waals surface area (Å²) in [5.74, 6) is 0. The van der Waals surface area contributed by atoms with Gasteiger partial charge in [-0.05, 0) is 6.08 Å². The van der Waals surface area contributed by atoms with E-state index >= 15 is 0 Å². The lowest BCUT2D eigenvalue weighted by atomic mass is 10.3. The summed E-state index contributed by atoms with van der Waals surface area (Å²) in [6, 6.07) is -0.0139. The predicted octanol–water partition coefficient (Wildman–Crippen LogP) is 0.0531. The van der Waals surface area contributed by atoms with Gasteiger partial charge in [-0.3, -0.25) is 0 Å². The SMILES string of the molecule is N=CC1C=CON1. The lowest BCUT2D eigenvalue weighted by molar-refractivity contribution is 0.158. The molecule has 0 saturated carbocycles.